The molecule has 3 heterocycles. The maximum absolute atomic E-state index is 6.44. The summed E-state index contributed by atoms with van der Waals surface area (Å²) in [5, 5.41) is 0. The van der Waals surface area contributed by atoms with Gasteiger partial charge in [-0.1, -0.05) is 33.4 Å². The van der Waals surface area contributed by atoms with Crippen LogP contribution >= 0.6 is 0 Å². The Balaban J connectivity index is 1.80. The van der Waals surface area contributed by atoms with Crippen molar-refractivity contribution in [3.63, 3.8) is 0 Å². The molecule has 2 aromatic carbocycles. The molecule has 0 bridgehead atoms. The molecule has 4 heteroatoms. The average molecular weight is 306 g/mol. The van der Waals surface area contributed by atoms with Crippen molar-refractivity contribution in [1.82, 2.24) is 0 Å². The first-order valence-electron chi connectivity index (χ1n) is 8.03. The van der Waals surface area contributed by atoms with Crippen LogP contribution in [0.25, 0.3) is 0 Å². The summed E-state index contributed by atoms with van der Waals surface area (Å²) in [4.78, 5) is 0. The van der Waals surface area contributed by atoms with E-state index >= 15 is 0 Å². The van der Waals surface area contributed by atoms with Crippen molar-refractivity contribution < 1.29 is 18.6 Å². The maximum atomic E-state index is 6.44. The molecule has 3 aliphatic heterocycles. The fourth-order valence-electron chi connectivity index (χ4n) is 3.66. The smallest absolute Gasteiger partial charge is 0.333 e. The van der Waals surface area contributed by atoms with Gasteiger partial charge in [0, 0.05) is 25.0 Å². The number of para-hydroxylation sites is 2. The molecule has 23 heavy (non-hydrogen) atoms. The van der Waals surface area contributed by atoms with E-state index in [-0.39, 0.29) is 0 Å². The SMILES string of the molecule is Cc1cccc2c1OC13Oc4c(C)cccc4[N+]1=CCCC=[N+]23. The van der Waals surface area contributed by atoms with Crippen molar-refractivity contribution in [2.75, 3.05) is 0 Å². The van der Waals surface area contributed by atoms with Gasteiger partial charge < -0.3 is 9.47 Å². The number of aryl methyl sites for hydroxylation is 2. The van der Waals surface area contributed by atoms with Crippen molar-refractivity contribution in [3.8, 4) is 11.5 Å². The molecule has 0 radical (unpaired) electrons. The topological polar surface area (TPSA) is 24.5 Å². The highest BCUT2D eigenvalue weighted by molar-refractivity contribution is 5.68. The monoisotopic (exact) mass is 306 g/mol. The van der Waals surface area contributed by atoms with Crippen molar-refractivity contribution in [2.24, 2.45) is 0 Å². The lowest BCUT2D eigenvalue weighted by Crippen LogP contribution is -2.52. The summed E-state index contributed by atoms with van der Waals surface area (Å²) in [5.74, 6) is 1.80. The fourth-order valence-corrected chi connectivity index (χ4v) is 3.66. The molecule has 0 aliphatic carbocycles. The second-order valence-electron chi connectivity index (χ2n) is 6.28. The molecular formula is C19H18N2O2+2. The van der Waals surface area contributed by atoms with Crippen molar-refractivity contribution in [2.45, 2.75) is 32.7 Å². The zero-order chi connectivity index (χ0) is 15.6. The van der Waals surface area contributed by atoms with Gasteiger partial charge >= 0.3 is 6.03 Å². The highest BCUT2D eigenvalue weighted by Crippen LogP contribution is 2.51. The van der Waals surface area contributed by atoms with Gasteiger partial charge in [0.1, 0.15) is 0 Å². The summed E-state index contributed by atoms with van der Waals surface area (Å²) in [6.45, 7) is 4.15. The first kappa shape index (κ1) is 12.9. The van der Waals surface area contributed by atoms with Gasteiger partial charge in [0.25, 0.3) is 11.4 Å². The van der Waals surface area contributed by atoms with Gasteiger partial charge in [0.2, 0.25) is 11.5 Å². The molecule has 2 aromatic rings. The van der Waals surface area contributed by atoms with Crippen molar-refractivity contribution >= 4 is 23.8 Å². The number of ether oxygens (including phenoxy) is 2. The second-order valence-corrected chi connectivity index (χ2v) is 6.28. The molecule has 3 aliphatic rings. The highest BCUT2D eigenvalue weighted by atomic mass is 16.8. The molecule has 114 valence electrons. The molecule has 0 atom stereocenters. The van der Waals surface area contributed by atoms with Gasteiger partial charge in [0.05, 0.1) is 0 Å². The first-order chi connectivity index (χ1) is 11.2. The Kier molecular flexibility index (Phi) is 2.36. The number of benzene rings is 2. The molecule has 0 amide bonds. The summed E-state index contributed by atoms with van der Waals surface area (Å²) in [6.07, 6.45) is 6.28. The van der Waals surface area contributed by atoms with Gasteiger partial charge in [-0.25, -0.2) is 0 Å². The predicted octanol–water partition coefficient (Wildman–Crippen LogP) is 3.62. The highest BCUT2D eigenvalue weighted by Gasteiger charge is 2.72. The predicted molar refractivity (Wildman–Crippen MR) is 87.5 cm³/mol. The van der Waals surface area contributed by atoms with E-state index in [1.54, 1.807) is 0 Å². The Morgan fingerprint density at radius 3 is 1.74 bits per heavy atom. The molecule has 5 rings (SSSR count). The van der Waals surface area contributed by atoms with Crippen molar-refractivity contribution in [1.29, 1.82) is 0 Å². The molecule has 0 saturated carbocycles. The van der Waals surface area contributed by atoms with E-state index in [4.69, 9.17) is 9.47 Å². The van der Waals surface area contributed by atoms with Gasteiger partial charge in [0.15, 0.2) is 12.4 Å². The number of hydrogen-bond acceptors (Lipinski definition) is 2. The molecule has 4 nitrogen and oxygen atoms in total. The molecule has 0 fully saturated rings. The van der Waals surface area contributed by atoms with Gasteiger partial charge in [-0.15, -0.1) is 0 Å². The van der Waals surface area contributed by atoms with E-state index < -0.39 is 6.03 Å². The zero-order valence-electron chi connectivity index (χ0n) is 13.2. The Hall–Kier alpha value is -2.62. The van der Waals surface area contributed by atoms with Gasteiger partial charge in [-0.2, -0.15) is 0 Å². The molecule has 0 saturated heterocycles. The van der Waals surface area contributed by atoms with Crippen molar-refractivity contribution in [3.05, 3.63) is 47.5 Å². The lowest BCUT2D eigenvalue weighted by atomic mass is 10.2. The molecule has 0 unspecified atom stereocenters. The van der Waals surface area contributed by atoms with Crippen LogP contribution in [0.3, 0.4) is 0 Å². The normalized spacial score (nSPS) is 19.2. The number of fused-ring (bicyclic) bond motifs is 4. The molecule has 1 spiro atoms. The van der Waals surface area contributed by atoms with Crippen LogP contribution in [0.2, 0.25) is 0 Å². The third kappa shape index (κ3) is 1.50. The van der Waals surface area contributed by atoms with Crippen LogP contribution in [-0.4, -0.2) is 27.6 Å². The summed E-state index contributed by atoms with van der Waals surface area (Å²) < 4.78 is 17.2. The summed E-state index contributed by atoms with van der Waals surface area (Å²) in [6, 6.07) is 11.5. The average Bonchev–Trinajstić information content (AvgIpc) is 2.97. The number of rotatable bonds is 0. The van der Waals surface area contributed by atoms with Crippen LogP contribution < -0.4 is 9.47 Å². The molecule has 0 N–H and O–H groups in total. The van der Waals surface area contributed by atoms with E-state index in [9.17, 15) is 0 Å². The quantitative estimate of drug-likeness (QED) is 0.694. The van der Waals surface area contributed by atoms with Crippen LogP contribution in [-0.2, 0) is 0 Å². The maximum Gasteiger partial charge on any atom is 0.714 e. The molecule has 0 aromatic heterocycles. The van der Waals surface area contributed by atoms with E-state index in [1.165, 1.54) is 0 Å². The first-order valence-corrected chi connectivity index (χ1v) is 8.03. The van der Waals surface area contributed by atoms with Gasteiger partial charge in [-0.05, 0) is 25.0 Å². The van der Waals surface area contributed by atoms with Crippen LogP contribution in [0, 0.1) is 13.8 Å². The lowest BCUT2D eigenvalue weighted by molar-refractivity contribution is -0.830. The lowest BCUT2D eigenvalue weighted by Gasteiger charge is -2.11. The van der Waals surface area contributed by atoms with Crippen LogP contribution in [0.5, 0.6) is 11.5 Å². The summed E-state index contributed by atoms with van der Waals surface area (Å²) in [7, 11) is 0. The molecular weight excluding hydrogens is 288 g/mol. The Labute approximate surface area is 134 Å². The summed E-state index contributed by atoms with van der Waals surface area (Å²) >= 11 is 0. The summed E-state index contributed by atoms with van der Waals surface area (Å²) in [5.41, 5.74) is 4.37. The Morgan fingerprint density at radius 2 is 1.26 bits per heavy atom. The minimum Gasteiger partial charge on any atom is -0.333 e. The van der Waals surface area contributed by atoms with E-state index in [2.05, 4.69) is 71.8 Å². The minimum absolute atomic E-state index is 0.898. The minimum atomic E-state index is -0.959. The van der Waals surface area contributed by atoms with Crippen LogP contribution in [0.1, 0.15) is 24.0 Å². The van der Waals surface area contributed by atoms with E-state index in [1.807, 2.05) is 0 Å². The third-order valence-corrected chi connectivity index (χ3v) is 4.77. The fraction of sp³-hybridized carbons (Fsp3) is 0.263. The standard InChI is InChI=1S/C19H18N2O2/c1-13-7-5-9-15-17(13)22-19-20(15)11-3-4-12-21(19)16-10-6-8-14(2)18(16)23-19/h5-12H,3-4H2,1-2H3/q+2. The third-order valence-electron chi connectivity index (χ3n) is 4.77. The zero-order valence-corrected chi connectivity index (χ0v) is 13.2. The number of hydrogen-bond donors (Lipinski definition) is 0. The van der Waals surface area contributed by atoms with Crippen LogP contribution in [0.15, 0.2) is 36.4 Å². The van der Waals surface area contributed by atoms with Gasteiger partial charge in [-0.3, -0.25) is 0 Å². The second kappa shape index (κ2) is 4.22. The Bertz CT molecular complexity index is 836. The number of nitrogens with zero attached hydrogens (tertiary/aromatic N) is 2. The Morgan fingerprint density at radius 1 is 0.783 bits per heavy atom. The van der Waals surface area contributed by atoms with Crippen LogP contribution in [0.4, 0.5) is 11.4 Å². The van der Waals surface area contributed by atoms with E-state index in [0.717, 1.165) is 46.8 Å². The van der Waals surface area contributed by atoms with E-state index in [0.29, 0.717) is 0 Å². The largest absolute Gasteiger partial charge is 0.714 e.